The van der Waals surface area contributed by atoms with Gasteiger partial charge in [-0.05, 0) is 44.0 Å². The van der Waals surface area contributed by atoms with Gasteiger partial charge in [-0.25, -0.2) is 9.37 Å². The molecule has 0 aliphatic heterocycles. The standard InChI is InChI=1S/C15H14FN3O2S/c1-8-12(14(21)19-18-13(20)9-2-3-9)22-15(17-8)10-4-6-11(16)7-5-10/h4-7,9H,2-3H2,1H3,(H,18,20)(H,19,21). The fourth-order valence-corrected chi connectivity index (χ4v) is 2.91. The quantitative estimate of drug-likeness (QED) is 0.854. The maximum atomic E-state index is 12.9. The summed E-state index contributed by atoms with van der Waals surface area (Å²) in [4.78, 5) is 28.4. The van der Waals surface area contributed by atoms with Gasteiger partial charge in [-0.3, -0.25) is 20.4 Å². The van der Waals surface area contributed by atoms with Crippen LogP contribution in [0.15, 0.2) is 24.3 Å². The Morgan fingerprint density at radius 1 is 1.23 bits per heavy atom. The molecule has 0 radical (unpaired) electrons. The van der Waals surface area contributed by atoms with Gasteiger partial charge < -0.3 is 0 Å². The number of amides is 2. The van der Waals surface area contributed by atoms with E-state index in [-0.39, 0.29) is 17.6 Å². The summed E-state index contributed by atoms with van der Waals surface area (Å²) in [5.74, 6) is -0.845. The first kappa shape index (κ1) is 14.6. The number of carbonyl (C=O) groups is 2. The van der Waals surface area contributed by atoms with Gasteiger partial charge in [0.2, 0.25) is 5.91 Å². The zero-order valence-electron chi connectivity index (χ0n) is 11.9. The Hall–Kier alpha value is -2.28. The van der Waals surface area contributed by atoms with Crippen molar-refractivity contribution in [1.29, 1.82) is 0 Å². The van der Waals surface area contributed by atoms with Gasteiger partial charge in [0, 0.05) is 11.5 Å². The van der Waals surface area contributed by atoms with E-state index >= 15 is 0 Å². The summed E-state index contributed by atoms with van der Waals surface area (Å²) >= 11 is 1.21. The number of aryl methyl sites for hydroxylation is 1. The Bertz CT molecular complexity index is 723. The number of benzene rings is 1. The molecular weight excluding hydrogens is 305 g/mol. The Labute approximate surface area is 130 Å². The first-order valence-electron chi connectivity index (χ1n) is 6.88. The molecule has 2 amide bonds. The van der Waals surface area contributed by atoms with E-state index in [4.69, 9.17) is 0 Å². The molecule has 1 aromatic carbocycles. The van der Waals surface area contributed by atoms with Gasteiger partial charge in [0.1, 0.15) is 15.7 Å². The number of thiazole rings is 1. The minimum Gasteiger partial charge on any atom is -0.273 e. The van der Waals surface area contributed by atoms with Crippen LogP contribution in [0.2, 0.25) is 0 Å². The lowest BCUT2D eigenvalue weighted by molar-refractivity contribution is -0.123. The summed E-state index contributed by atoms with van der Waals surface area (Å²) in [7, 11) is 0. The van der Waals surface area contributed by atoms with Crippen LogP contribution in [0.3, 0.4) is 0 Å². The van der Waals surface area contributed by atoms with Gasteiger partial charge in [-0.2, -0.15) is 0 Å². The molecule has 1 aliphatic carbocycles. The monoisotopic (exact) mass is 319 g/mol. The molecule has 0 saturated heterocycles. The largest absolute Gasteiger partial charge is 0.281 e. The van der Waals surface area contributed by atoms with Crippen molar-refractivity contribution in [3.8, 4) is 10.6 Å². The summed E-state index contributed by atoms with van der Waals surface area (Å²) in [5, 5.41) is 0.635. The van der Waals surface area contributed by atoms with Crippen LogP contribution in [0.1, 0.15) is 28.2 Å². The van der Waals surface area contributed by atoms with E-state index in [1.165, 1.54) is 23.5 Å². The van der Waals surface area contributed by atoms with Crippen molar-refractivity contribution in [1.82, 2.24) is 15.8 Å². The summed E-state index contributed by atoms with van der Waals surface area (Å²) < 4.78 is 12.9. The number of carbonyl (C=O) groups excluding carboxylic acids is 2. The topological polar surface area (TPSA) is 71.1 Å². The molecule has 0 spiro atoms. The molecule has 1 fully saturated rings. The van der Waals surface area contributed by atoms with Crippen molar-refractivity contribution in [2.75, 3.05) is 0 Å². The van der Waals surface area contributed by atoms with Crippen LogP contribution < -0.4 is 10.9 Å². The molecule has 0 bridgehead atoms. The van der Waals surface area contributed by atoms with Crippen molar-refractivity contribution in [2.45, 2.75) is 19.8 Å². The lowest BCUT2D eigenvalue weighted by Gasteiger charge is -2.05. The van der Waals surface area contributed by atoms with Crippen LogP contribution >= 0.6 is 11.3 Å². The molecule has 3 rings (SSSR count). The average molecular weight is 319 g/mol. The molecule has 1 aromatic heterocycles. The maximum absolute atomic E-state index is 12.9. The highest BCUT2D eigenvalue weighted by molar-refractivity contribution is 7.17. The van der Waals surface area contributed by atoms with Crippen LogP contribution in [-0.2, 0) is 4.79 Å². The van der Waals surface area contributed by atoms with Gasteiger partial charge in [-0.1, -0.05) is 0 Å². The highest BCUT2D eigenvalue weighted by Crippen LogP contribution is 2.29. The Morgan fingerprint density at radius 2 is 1.91 bits per heavy atom. The van der Waals surface area contributed by atoms with Gasteiger partial charge in [0.05, 0.1) is 5.69 Å². The van der Waals surface area contributed by atoms with Crippen molar-refractivity contribution in [2.24, 2.45) is 5.92 Å². The zero-order chi connectivity index (χ0) is 15.7. The third kappa shape index (κ3) is 3.14. The highest BCUT2D eigenvalue weighted by atomic mass is 32.1. The molecule has 7 heteroatoms. The third-order valence-electron chi connectivity index (χ3n) is 3.34. The smallest absolute Gasteiger partial charge is 0.273 e. The number of rotatable bonds is 3. The fourth-order valence-electron chi connectivity index (χ4n) is 1.95. The van der Waals surface area contributed by atoms with Gasteiger partial charge in [0.15, 0.2) is 0 Å². The minimum absolute atomic E-state index is 0.0256. The van der Waals surface area contributed by atoms with Gasteiger partial charge in [-0.15, -0.1) is 11.3 Å². The molecule has 2 aromatic rings. The molecule has 0 atom stereocenters. The van der Waals surface area contributed by atoms with Crippen LogP contribution in [0.4, 0.5) is 4.39 Å². The average Bonchev–Trinajstić information content (AvgIpc) is 3.28. The van der Waals surface area contributed by atoms with Crippen LogP contribution in [0, 0.1) is 18.7 Å². The first-order chi connectivity index (χ1) is 10.5. The Kier molecular flexibility index (Phi) is 3.89. The molecule has 5 nitrogen and oxygen atoms in total. The second-order valence-corrected chi connectivity index (χ2v) is 6.16. The summed E-state index contributed by atoms with van der Waals surface area (Å²) in [5.41, 5.74) is 6.14. The Morgan fingerprint density at radius 3 is 2.55 bits per heavy atom. The van der Waals surface area contributed by atoms with Crippen LogP contribution in [-0.4, -0.2) is 16.8 Å². The lowest BCUT2D eigenvalue weighted by Crippen LogP contribution is -2.42. The number of halogens is 1. The molecule has 1 heterocycles. The predicted molar refractivity (Wildman–Crippen MR) is 80.6 cm³/mol. The normalized spacial score (nSPS) is 13.7. The maximum Gasteiger partial charge on any atom is 0.281 e. The number of aromatic nitrogens is 1. The van der Waals surface area contributed by atoms with Crippen LogP contribution in [0.25, 0.3) is 10.6 Å². The van der Waals surface area contributed by atoms with E-state index in [0.717, 1.165) is 18.4 Å². The van der Waals surface area contributed by atoms with Crippen molar-refractivity contribution in [3.05, 3.63) is 40.7 Å². The van der Waals surface area contributed by atoms with E-state index in [1.54, 1.807) is 19.1 Å². The number of hydrazine groups is 1. The molecule has 114 valence electrons. The van der Waals surface area contributed by atoms with Gasteiger partial charge in [0.25, 0.3) is 5.91 Å². The van der Waals surface area contributed by atoms with Crippen molar-refractivity contribution < 1.29 is 14.0 Å². The summed E-state index contributed by atoms with van der Waals surface area (Å²) in [6, 6.07) is 5.93. The highest BCUT2D eigenvalue weighted by Gasteiger charge is 2.30. The SMILES string of the molecule is Cc1nc(-c2ccc(F)cc2)sc1C(=O)NNC(=O)C1CC1. The Balaban J connectivity index is 1.72. The van der Waals surface area contributed by atoms with E-state index in [2.05, 4.69) is 15.8 Å². The number of hydrogen-bond donors (Lipinski definition) is 2. The van der Waals surface area contributed by atoms with E-state index in [0.29, 0.717) is 15.6 Å². The molecule has 1 saturated carbocycles. The van der Waals surface area contributed by atoms with Crippen molar-refractivity contribution >= 4 is 23.2 Å². The second-order valence-electron chi connectivity index (χ2n) is 5.16. The van der Waals surface area contributed by atoms with Gasteiger partial charge >= 0.3 is 0 Å². The second kappa shape index (κ2) is 5.84. The predicted octanol–water partition coefficient (Wildman–Crippen LogP) is 2.43. The molecule has 0 unspecified atom stereocenters. The lowest BCUT2D eigenvalue weighted by atomic mass is 10.2. The fraction of sp³-hybridized carbons (Fsp3) is 0.267. The first-order valence-corrected chi connectivity index (χ1v) is 7.70. The summed E-state index contributed by atoms with van der Waals surface area (Å²) in [6.07, 6.45) is 1.74. The van der Waals surface area contributed by atoms with E-state index in [9.17, 15) is 14.0 Å². The number of nitrogens with zero attached hydrogens (tertiary/aromatic N) is 1. The van der Waals surface area contributed by atoms with E-state index in [1.807, 2.05) is 0 Å². The van der Waals surface area contributed by atoms with Crippen molar-refractivity contribution in [3.63, 3.8) is 0 Å². The van der Waals surface area contributed by atoms with Crippen LogP contribution in [0.5, 0.6) is 0 Å². The summed E-state index contributed by atoms with van der Waals surface area (Å²) in [6.45, 7) is 1.72. The third-order valence-corrected chi connectivity index (χ3v) is 4.55. The van der Waals surface area contributed by atoms with E-state index < -0.39 is 5.91 Å². The molecule has 1 aliphatic rings. The minimum atomic E-state index is -0.391. The zero-order valence-corrected chi connectivity index (χ0v) is 12.7. The number of nitrogens with one attached hydrogen (secondary N) is 2. The molecular formula is C15H14FN3O2S. The molecule has 22 heavy (non-hydrogen) atoms. The molecule has 2 N–H and O–H groups in total. The number of hydrogen-bond acceptors (Lipinski definition) is 4.